The molecule has 0 aliphatic carbocycles. The van der Waals surface area contributed by atoms with Gasteiger partial charge in [-0.1, -0.05) is 11.6 Å². The zero-order valence-corrected chi connectivity index (χ0v) is 12.0. The van der Waals surface area contributed by atoms with Crippen molar-refractivity contribution in [2.45, 2.75) is 6.10 Å². The molecule has 1 aliphatic rings. The van der Waals surface area contributed by atoms with Gasteiger partial charge >= 0.3 is 0 Å². The SMILES string of the molecule is O=C(NCC1COCCO1)c1ccc(Cl)cc1Br. The number of hydrogen-bond donors (Lipinski definition) is 1. The third-order valence-corrected chi connectivity index (χ3v) is 3.44. The lowest BCUT2D eigenvalue weighted by atomic mass is 10.2. The lowest BCUT2D eigenvalue weighted by Crippen LogP contribution is -2.39. The van der Waals surface area contributed by atoms with Gasteiger partial charge in [-0.25, -0.2) is 0 Å². The Balaban J connectivity index is 1.90. The maximum absolute atomic E-state index is 11.9. The fourth-order valence-corrected chi connectivity index (χ4v) is 2.49. The smallest absolute Gasteiger partial charge is 0.252 e. The molecule has 1 fully saturated rings. The monoisotopic (exact) mass is 333 g/mol. The van der Waals surface area contributed by atoms with Crippen LogP contribution in [0.3, 0.4) is 0 Å². The molecule has 1 unspecified atom stereocenters. The highest BCUT2D eigenvalue weighted by molar-refractivity contribution is 9.10. The molecule has 1 aromatic carbocycles. The van der Waals surface area contributed by atoms with E-state index in [9.17, 15) is 4.79 Å². The van der Waals surface area contributed by atoms with Gasteiger partial charge in [0, 0.05) is 16.0 Å². The molecule has 6 heteroatoms. The predicted octanol–water partition coefficient (Wildman–Crippen LogP) is 2.25. The molecular formula is C12H13BrClNO3. The second-order valence-electron chi connectivity index (χ2n) is 3.90. The molecule has 0 spiro atoms. The molecule has 1 atom stereocenters. The Morgan fingerprint density at radius 3 is 3.00 bits per heavy atom. The molecule has 1 heterocycles. The summed E-state index contributed by atoms with van der Waals surface area (Å²) in [5.41, 5.74) is 0.552. The molecule has 0 aromatic heterocycles. The van der Waals surface area contributed by atoms with Crippen LogP contribution in [0.4, 0.5) is 0 Å². The first-order chi connectivity index (χ1) is 8.66. The molecule has 1 amide bonds. The molecule has 4 nitrogen and oxygen atoms in total. The summed E-state index contributed by atoms with van der Waals surface area (Å²) in [7, 11) is 0. The van der Waals surface area contributed by atoms with Gasteiger partial charge in [0.1, 0.15) is 0 Å². The minimum Gasteiger partial charge on any atom is -0.376 e. The van der Waals surface area contributed by atoms with Gasteiger partial charge in [-0.3, -0.25) is 4.79 Å². The standard InChI is InChI=1S/C12H13BrClNO3/c13-11-5-8(14)1-2-10(11)12(16)15-6-9-7-17-3-4-18-9/h1-2,5,9H,3-4,6-7H2,(H,15,16). The molecule has 0 bridgehead atoms. The van der Waals surface area contributed by atoms with Crippen LogP contribution in [0.25, 0.3) is 0 Å². The Bertz CT molecular complexity index is 435. The van der Waals surface area contributed by atoms with Gasteiger partial charge in [-0.2, -0.15) is 0 Å². The maximum atomic E-state index is 11.9. The summed E-state index contributed by atoms with van der Waals surface area (Å²) in [6.07, 6.45) is -0.0752. The van der Waals surface area contributed by atoms with Crippen molar-refractivity contribution in [3.05, 3.63) is 33.3 Å². The van der Waals surface area contributed by atoms with Crippen molar-refractivity contribution >= 4 is 33.4 Å². The summed E-state index contributed by atoms with van der Waals surface area (Å²) in [5.74, 6) is -0.160. The van der Waals surface area contributed by atoms with Crippen LogP contribution in [-0.4, -0.2) is 38.4 Å². The highest BCUT2D eigenvalue weighted by Crippen LogP contribution is 2.21. The minimum absolute atomic E-state index is 0.0752. The topological polar surface area (TPSA) is 47.6 Å². The highest BCUT2D eigenvalue weighted by atomic mass is 79.9. The quantitative estimate of drug-likeness (QED) is 0.922. The predicted molar refractivity (Wildman–Crippen MR) is 72.0 cm³/mol. The minimum atomic E-state index is -0.160. The fraction of sp³-hybridized carbons (Fsp3) is 0.417. The Kier molecular flexibility index (Phi) is 5.00. The molecule has 2 rings (SSSR count). The van der Waals surface area contributed by atoms with E-state index in [0.29, 0.717) is 41.4 Å². The van der Waals surface area contributed by atoms with E-state index in [1.54, 1.807) is 18.2 Å². The van der Waals surface area contributed by atoms with E-state index in [1.165, 1.54) is 0 Å². The Morgan fingerprint density at radius 2 is 2.33 bits per heavy atom. The number of amides is 1. The van der Waals surface area contributed by atoms with Crippen molar-refractivity contribution in [3.63, 3.8) is 0 Å². The second-order valence-corrected chi connectivity index (χ2v) is 5.19. The number of carbonyl (C=O) groups excluding carboxylic acids is 1. The summed E-state index contributed by atoms with van der Waals surface area (Å²) < 4.78 is 11.4. The van der Waals surface area contributed by atoms with E-state index in [-0.39, 0.29) is 12.0 Å². The van der Waals surface area contributed by atoms with Gasteiger partial charge in [-0.15, -0.1) is 0 Å². The third-order valence-electron chi connectivity index (χ3n) is 2.55. The first-order valence-electron chi connectivity index (χ1n) is 5.59. The van der Waals surface area contributed by atoms with Gasteiger partial charge in [0.15, 0.2) is 0 Å². The number of rotatable bonds is 3. The fourth-order valence-electron chi connectivity index (χ4n) is 1.63. The first-order valence-corrected chi connectivity index (χ1v) is 6.76. The lowest BCUT2D eigenvalue weighted by Gasteiger charge is -2.23. The Hall–Kier alpha value is -0.620. The van der Waals surface area contributed by atoms with E-state index < -0.39 is 0 Å². The van der Waals surface area contributed by atoms with Gasteiger partial charge in [0.25, 0.3) is 5.91 Å². The number of halogens is 2. The van der Waals surface area contributed by atoms with E-state index in [4.69, 9.17) is 21.1 Å². The molecule has 18 heavy (non-hydrogen) atoms. The van der Waals surface area contributed by atoms with Crippen molar-refractivity contribution in [2.24, 2.45) is 0 Å². The summed E-state index contributed by atoms with van der Waals surface area (Å²) >= 11 is 9.13. The number of benzene rings is 1. The lowest BCUT2D eigenvalue weighted by molar-refractivity contribution is -0.0855. The van der Waals surface area contributed by atoms with Crippen LogP contribution < -0.4 is 5.32 Å². The second kappa shape index (κ2) is 6.52. The van der Waals surface area contributed by atoms with E-state index in [1.807, 2.05) is 0 Å². The van der Waals surface area contributed by atoms with Crippen molar-refractivity contribution in [1.29, 1.82) is 0 Å². The molecule has 1 saturated heterocycles. The van der Waals surface area contributed by atoms with Crippen LogP contribution in [0.1, 0.15) is 10.4 Å². The van der Waals surface area contributed by atoms with Crippen LogP contribution in [0.2, 0.25) is 5.02 Å². The van der Waals surface area contributed by atoms with Crippen LogP contribution in [0.15, 0.2) is 22.7 Å². The van der Waals surface area contributed by atoms with Crippen molar-refractivity contribution in [2.75, 3.05) is 26.4 Å². The van der Waals surface area contributed by atoms with Crippen LogP contribution >= 0.6 is 27.5 Å². The van der Waals surface area contributed by atoms with Gasteiger partial charge < -0.3 is 14.8 Å². The average molecular weight is 335 g/mol. The summed E-state index contributed by atoms with van der Waals surface area (Å²) in [4.78, 5) is 11.9. The number of carbonyl (C=O) groups is 1. The molecule has 0 radical (unpaired) electrons. The number of ether oxygens (including phenoxy) is 2. The zero-order valence-electron chi connectivity index (χ0n) is 9.62. The molecule has 98 valence electrons. The first kappa shape index (κ1) is 13.8. The van der Waals surface area contributed by atoms with Crippen molar-refractivity contribution in [3.8, 4) is 0 Å². The Morgan fingerprint density at radius 1 is 1.50 bits per heavy atom. The van der Waals surface area contributed by atoms with Crippen LogP contribution in [0.5, 0.6) is 0 Å². The summed E-state index contributed by atoms with van der Waals surface area (Å²) in [6.45, 7) is 2.15. The number of nitrogens with one attached hydrogen (secondary N) is 1. The average Bonchev–Trinajstić information content (AvgIpc) is 2.37. The molecule has 0 saturated carbocycles. The van der Waals surface area contributed by atoms with Gasteiger partial charge in [0.2, 0.25) is 0 Å². The van der Waals surface area contributed by atoms with Crippen LogP contribution in [0, 0.1) is 0 Å². The normalized spacial score (nSPS) is 19.6. The number of hydrogen-bond acceptors (Lipinski definition) is 3. The van der Waals surface area contributed by atoms with Gasteiger partial charge in [0.05, 0.1) is 31.5 Å². The molecule has 1 aliphatic heterocycles. The zero-order chi connectivity index (χ0) is 13.0. The Labute approximate surface area is 119 Å². The van der Waals surface area contributed by atoms with Gasteiger partial charge in [-0.05, 0) is 34.1 Å². The highest BCUT2D eigenvalue weighted by Gasteiger charge is 2.16. The van der Waals surface area contributed by atoms with Crippen molar-refractivity contribution in [1.82, 2.24) is 5.32 Å². The molecule has 1 N–H and O–H groups in total. The third kappa shape index (κ3) is 3.68. The maximum Gasteiger partial charge on any atom is 0.252 e. The van der Waals surface area contributed by atoms with E-state index >= 15 is 0 Å². The van der Waals surface area contributed by atoms with E-state index in [2.05, 4.69) is 21.2 Å². The van der Waals surface area contributed by atoms with Crippen LogP contribution in [-0.2, 0) is 9.47 Å². The molecular weight excluding hydrogens is 321 g/mol. The molecule has 1 aromatic rings. The van der Waals surface area contributed by atoms with Crippen molar-refractivity contribution < 1.29 is 14.3 Å². The largest absolute Gasteiger partial charge is 0.376 e. The summed E-state index contributed by atoms with van der Waals surface area (Å²) in [6, 6.07) is 5.05. The summed E-state index contributed by atoms with van der Waals surface area (Å²) in [5, 5.41) is 3.40. The van der Waals surface area contributed by atoms with E-state index in [0.717, 1.165) is 0 Å².